The van der Waals surface area contributed by atoms with Gasteiger partial charge in [0.05, 0.1) is 28.5 Å². The Kier molecular flexibility index (Phi) is 6.55. The average molecular weight is 484 g/mol. The van der Waals surface area contributed by atoms with Crippen molar-refractivity contribution in [3.05, 3.63) is 100 Å². The van der Waals surface area contributed by atoms with Gasteiger partial charge in [-0.15, -0.1) is 0 Å². The zero-order valence-corrected chi connectivity index (χ0v) is 20.2. The van der Waals surface area contributed by atoms with Crippen molar-refractivity contribution in [3.8, 4) is 0 Å². The average Bonchev–Trinajstić information content (AvgIpc) is 3.13. The molecule has 36 heavy (non-hydrogen) atoms. The van der Waals surface area contributed by atoms with Gasteiger partial charge >= 0.3 is 0 Å². The van der Waals surface area contributed by atoms with Crippen molar-refractivity contribution in [2.24, 2.45) is 17.8 Å². The summed E-state index contributed by atoms with van der Waals surface area (Å²) in [5.41, 5.74) is 2.55. The van der Waals surface area contributed by atoms with E-state index in [9.17, 15) is 19.7 Å². The SMILES string of the molecule is C[C@@H]1CC[C@@H]2C(=O)N(c3ccc(N[C@H](Cc4ccccc4)c4ccccc4)c([N+](=O)[O-])c3)C(=O)[C@@H]2C1. The molecule has 5 rings (SSSR count). The summed E-state index contributed by atoms with van der Waals surface area (Å²) < 4.78 is 0. The zero-order chi connectivity index (χ0) is 25.2. The van der Waals surface area contributed by atoms with Gasteiger partial charge in [0.15, 0.2) is 0 Å². The molecule has 0 spiro atoms. The Morgan fingerprint density at radius 3 is 2.31 bits per heavy atom. The summed E-state index contributed by atoms with van der Waals surface area (Å²) in [5, 5.41) is 15.5. The predicted molar refractivity (Wildman–Crippen MR) is 139 cm³/mol. The molecule has 1 heterocycles. The molecule has 4 atom stereocenters. The van der Waals surface area contributed by atoms with Crippen molar-refractivity contribution < 1.29 is 14.5 Å². The predicted octanol–water partition coefficient (Wildman–Crippen LogP) is 5.92. The van der Waals surface area contributed by atoms with E-state index in [1.807, 2.05) is 60.7 Å². The molecule has 0 unspecified atom stereocenters. The highest BCUT2D eigenvalue weighted by Crippen LogP contribution is 2.43. The van der Waals surface area contributed by atoms with E-state index in [1.165, 1.54) is 11.0 Å². The van der Waals surface area contributed by atoms with Crippen LogP contribution < -0.4 is 10.2 Å². The lowest BCUT2D eigenvalue weighted by atomic mass is 9.76. The van der Waals surface area contributed by atoms with Crippen LogP contribution in [0.4, 0.5) is 17.1 Å². The van der Waals surface area contributed by atoms with Crippen molar-refractivity contribution in [1.29, 1.82) is 0 Å². The maximum atomic E-state index is 13.1. The molecule has 1 saturated heterocycles. The first-order valence-corrected chi connectivity index (χ1v) is 12.4. The molecule has 2 amide bonds. The first kappa shape index (κ1) is 23.7. The third-order valence-corrected chi connectivity index (χ3v) is 7.44. The number of nitro benzene ring substituents is 1. The van der Waals surface area contributed by atoms with Crippen LogP contribution in [0.15, 0.2) is 78.9 Å². The Morgan fingerprint density at radius 2 is 1.61 bits per heavy atom. The Morgan fingerprint density at radius 1 is 0.944 bits per heavy atom. The van der Waals surface area contributed by atoms with Gasteiger partial charge in [-0.25, -0.2) is 4.90 Å². The summed E-state index contributed by atoms with van der Waals surface area (Å²) in [6.45, 7) is 2.10. The van der Waals surface area contributed by atoms with Gasteiger partial charge in [-0.3, -0.25) is 19.7 Å². The van der Waals surface area contributed by atoms with E-state index in [0.717, 1.165) is 17.5 Å². The lowest BCUT2D eigenvalue weighted by Crippen LogP contribution is -2.31. The maximum Gasteiger partial charge on any atom is 0.294 e. The van der Waals surface area contributed by atoms with Crippen LogP contribution in [0.5, 0.6) is 0 Å². The number of carbonyl (C=O) groups is 2. The summed E-state index contributed by atoms with van der Waals surface area (Å²) in [7, 11) is 0. The molecule has 1 saturated carbocycles. The van der Waals surface area contributed by atoms with E-state index in [0.29, 0.717) is 30.9 Å². The van der Waals surface area contributed by atoms with Crippen molar-refractivity contribution in [2.75, 3.05) is 10.2 Å². The molecule has 0 aromatic heterocycles. The number of imide groups is 1. The molecule has 3 aromatic rings. The minimum Gasteiger partial charge on any atom is -0.372 e. The summed E-state index contributed by atoms with van der Waals surface area (Å²) in [5.74, 6) is -0.732. The van der Waals surface area contributed by atoms with Gasteiger partial charge < -0.3 is 5.32 Å². The molecule has 1 N–H and O–H groups in total. The zero-order valence-electron chi connectivity index (χ0n) is 20.2. The molecule has 7 nitrogen and oxygen atoms in total. The number of hydrogen-bond donors (Lipinski definition) is 1. The molecule has 0 radical (unpaired) electrons. The number of hydrogen-bond acceptors (Lipinski definition) is 5. The van der Waals surface area contributed by atoms with Crippen LogP contribution >= 0.6 is 0 Å². The normalized spacial score (nSPS) is 22.2. The lowest BCUT2D eigenvalue weighted by molar-refractivity contribution is -0.383. The molecule has 184 valence electrons. The second-order valence-electron chi connectivity index (χ2n) is 9.90. The molecule has 7 heteroatoms. The lowest BCUT2D eigenvalue weighted by Gasteiger charge is -2.25. The minimum absolute atomic E-state index is 0.162. The van der Waals surface area contributed by atoms with Gasteiger partial charge in [-0.2, -0.15) is 0 Å². The van der Waals surface area contributed by atoms with E-state index < -0.39 is 4.92 Å². The largest absolute Gasteiger partial charge is 0.372 e. The number of amides is 2. The molecule has 3 aromatic carbocycles. The first-order valence-electron chi connectivity index (χ1n) is 12.4. The Labute approximate surface area is 210 Å². The summed E-state index contributed by atoms with van der Waals surface area (Å²) >= 11 is 0. The third-order valence-electron chi connectivity index (χ3n) is 7.44. The monoisotopic (exact) mass is 483 g/mol. The number of fused-ring (bicyclic) bond motifs is 1. The van der Waals surface area contributed by atoms with Gasteiger partial charge in [0.1, 0.15) is 5.69 Å². The molecule has 2 fully saturated rings. The van der Waals surface area contributed by atoms with Crippen LogP contribution in [-0.2, 0) is 16.0 Å². The highest BCUT2D eigenvalue weighted by Gasteiger charge is 2.50. The number of benzene rings is 3. The van der Waals surface area contributed by atoms with Gasteiger partial charge in [-0.1, -0.05) is 67.6 Å². The van der Waals surface area contributed by atoms with Crippen LogP contribution in [0.2, 0.25) is 0 Å². The minimum atomic E-state index is -0.462. The van der Waals surface area contributed by atoms with Crippen molar-refractivity contribution in [1.82, 2.24) is 0 Å². The number of carbonyl (C=O) groups excluding carboxylic acids is 2. The molecule has 2 aliphatic rings. The summed E-state index contributed by atoms with van der Waals surface area (Å²) in [6.07, 6.45) is 2.92. The number of anilines is 2. The Balaban J connectivity index is 1.46. The Hall–Kier alpha value is -4.00. The fraction of sp³-hybridized carbons (Fsp3) is 0.310. The summed E-state index contributed by atoms with van der Waals surface area (Å²) in [4.78, 5) is 39.1. The topological polar surface area (TPSA) is 92.6 Å². The number of nitrogens with zero attached hydrogens (tertiary/aromatic N) is 2. The highest BCUT2D eigenvalue weighted by atomic mass is 16.6. The van der Waals surface area contributed by atoms with E-state index in [-0.39, 0.29) is 41.1 Å². The van der Waals surface area contributed by atoms with Gasteiger partial charge in [0.25, 0.3) is 5.69 Å². The first-order chi connectivity index (χ1) is 17.4. The van der Waals surface area contributed by atoms with Crippen molar-refractivity contribution in [2.45, 2.75) is 38.6 Å². The fourth-order valence-corrected chi connectivity index (χ4v) is 5.55. The Bertz CT molecular complexity index is 1280. The van der Waals surface area contributed by atoms with Crippen molar-refractivity contribution >= 4 is 28.9 Å². The van der Waals surface area contributed by atoms with Crippen LogP contribution in [0, 0.1) is 27.9 Å². The van der Waals surface area contributed by atoms with Gasteiger partial charge in [0.2, 0.25) is 11.8 Å². The molecular formula is C29H29N3O4. The van der Waals surface area contributed by atoms with Crippen LogP contribution in [-0.4, -0.2) is 16.7 Å². The van der Waals surface area contributed by atoms with E-state index in [1.54, 1.807) is 12.1 Å². The number of rotatable bonds is 7. The number of nitro groups is 1. The standard InChI is InChI=1S/C29H29N3O4/c1-19-12-14-23-24(16-19)29(34)31(28(23)33)22-13-15-25(27(18-22)32(35)36)30-26(21-10-6-3-7-11-21)17-20-8-4-2-5-9-20/h2-11,13,15,18-19,23-24,26,30H,12,14,16-17H2,1H3/t19-,23+,24-,26-/m1/s1. The number of nitrogens with one attached hydrogen (secondary N) is 1. The van der Waals surface area contributed by atoms with E-state index >= 15 is 0 Å². The highest BCUT2D eigenvalue weighted by molar-refractivity contribution is 6.22. The van der Waals surface area contributed by atoms with E-state index in [2.05, 4.69) is 12.2 Å². The quantitative estimate of drug-likeness (QED) is 0.256. The van der Waals surface area contributed by atoms with Crippen LogP contribution in [0.1, 0.15) is 43.4 Å². The third kappa shape index (κ3) is 4.61. The molecular weight excluding hydrogens is 454 g/mol. The second-order valence-corrected chi connectivity index (χ2v) is 9.90. The van der Waals surface area contributed by atoms with Crippen molar-refractivity contribution in [3.63, 3.8) is 0 Å². The van der Waals surface area contributed by atoms with E-state index in [4.69, 9.17) is 0 Å². The molecule has 1 aliphatic carbocycles. The fourth-order valence-electron chi connectivity index (χ4n) is 5.55. The summed E-state index contributed by atoms with van der Waals surface area (Å²) in [6, 6.07) is 24.1. The second kappa shape index (κ2) is 9.93. The molecule has 0 bridgehead atoms. The van der Waals surface area contributed by atoms with Crippen LogP contribution in [0.25, 0.3) is 0 Å². The molecule has 1 aliphatic heterocycles. The smallest absolute Gasteiger partial charge is 0.294 e. The maximum absolute atomic E-state index is 13.1. The van der Waals surface area contributed by atoms with Gasteiger partial charge in [0, 0.05) is 6.07 Å². The van der Waals surface area contributed by atoms with Crippen LogP contribution in [0.3, 0.4) is 0 Å². The van der Waals surface area contributed by atoms with Gasteiger partial charge in [-0.05, 0) is 54.9 Å².